The smallest absolute Gasteiger partial charge is 0.308 e. The van der Waals surface area contributed by atoms with Crippen molar-refractivity contribution in [1.29, 1.82) is 0 Å². The molecule has 1 unspecified atom stereocenters. The van der Waals surface area contributed by atoms with Crippen molar-refractivity contribution in [3.63, 3.8) is 0 Å². The Morgan fingerprint density at radius 2 is 2.17 bits per heavy atom. The molecular weight excluding hydrogens is 271 g/mol. The summed E-state index contributed by atoms with van der Waals surface area (Å²) in [5.74, 6) is 4.96. The topological polar surface area (TPSA) is 59.1 Å². The molecule has 0 aliphatic rings. The van der Waals surface area contributed by atoms with Gasteiger partial charge in [-0.1, -0.05) is 11.6 Å². The third-order valence-electron chi connectivity index (χ3n) is 2.36. The van der Waals surface area contributed by atoms with E-state index >= 15 is 0 Å². The number of hydrazine groups is 1. The normalized spacial score (nSPS) is 14.2. The van der Waals surface area contributed by atoms with E-state index in [1.54, 1.807) is 5.43 Å². The first kappa shape index (κ1) is 15.2. The van der Waals surface area contributed by atoms with Crippen molar-refractivity contribution in [2.75, 3.05) is 20.6 Å². The second-order valence-corrected chi connectivity index (χ2v) is 4.45. The summed E-state index contributed by atoms with van der Waals surface area (Å²) in [7, 11) is 3.63. The number of likely N-dealkylation sites (N-methyl/N-ethyl adjacent to an activating group) is 1. The summed E-state index contributed by atoms with van der Waals surface area (Å²) in [6.07, 6.45) is -3.35. The lowest BCUT2D eigenvalue weighted by molar-refractivity contribution is -0.159. The maximum absolute atomic E-state index is 12.8. The fraction of sp³-hybridized carbons (Fsp3) is 0.667. The molecule has 0 saturated carbocycles. The Balaban J connectivity index is 3.02. The van der Waals surface area contributed by atoms with Crippen LogP contribution in [0.3, 0.4) is 0 Å². The third-order valence-corrected chi connectivity index (χ3v) is 2.65. The highest BCUT2D eigenvalue weighted by atomic mass is 35.5. The van der Waals surface area contributed by atoms with Crippen molar-refractivity contribution in [1.82, 2.24) is 20.1 Å². The van der Waals surface area contributed by atoms with E-state index in [1.165, 1.54) is 10.9 Å². The van der Waals surface area contributed by atoms with Crippen LogP contribution in [-0.2, 0) is 6.54 Å². The molecule has 18 heavy (non-hydrogen) atoms. The fourth-order valence-corrected chi connectivity index (χ4v) is 1.71. The third kappa shape index (κ3) is 3.58. The Hall–Kier alpha value is -0.830. The van der Waals surface area contributed by atoms with E-state index < -0.39 is 12.2 Å². The Bertz CT molecular complexity index is 390. The number of nitrogens with one attached hydrogen (secondary N) is 1. The zero-order chi connectivity index (χ0) is 13.9. The molecule has 0 saturated heterocycles. The molecule has 0 fully saturated rings. The van der Waals surface area contributed by atoms with Crippen molar-refractivity contribution >= 4 is 11.6 Å². The predicted octanol–water partition coefficient (Wildman–Crippen LogP) is 1.16. The summed E-state index contributed by atoms with van der Waals surface area (Å²) >= 11 is 5.75. The van der Waals surface area contributed by atoms with Crippen molar-refractivity contribution < 1.29 is 13.2 Å². The number of halogens is 4. The minimum atomic E-state index is -4.53. The number of rotatable bonds is 5. The summed E-state index contributed by atoms with van der Waals surface area (Å²) in [5, 5.41) is 3.77. The average Bonchev–Trinajstić information content (AvgIpc) is 2.57. The summed E-state index contributed by atoms with van der Waals surface area (Å²) < 4.78 is 39.6. The fourth-order valence-electron chi connectivity index (χ4n) is 1.46. The van der Waals surface area contributed by atoms with Gasteiger partial charge in [-0.25, -0.2) is 5.43 Å². The highest BCUT2D eigenvalue weighted by molar-refractivity contribution is 6.31. The van der Waals surface area contributed by atoms with Gasteiger partial charge in [0.25, 0.3) is 0 Å². The average molecular weight is 286 g/mol. The first-order valence-corrected chi connectivity index (χ1v) is 5.54. The van der Waals surface area contributed by atoms with Gasteiger partial charge in [0, 0.05) is 6.54 Å². The standard InChI is InChI=1S/C9H15ClF3N5/c1-17(2)3-4-18-7(6(10)5-15-18)8(16-14)9(11,12)13/h5,8,16H,3-4,14H2,1-2H3. The van der Waals surface area contributed by atoms with Crippen molar-refractivity contribution in [3.05, 3.63) is 16.9 Å². The SMILES string of the molecule is CN(C)CCn1ncc(Cl)c1C(NN)C(F)(F)F. The molecule has 0 radical (unpaired) electrons. The van der Waals surface area contributed by atoms with E-state index in [2.05, 4.69) is 5.10 Å². The molecule has 1 atom stereocenters. The maximum Gasteiger partial charge on any atom is 0.410 e. The van der Waals surface area contributed by atoms with Crippen LogP contribution in [0.15, 0.2) is 6.20 Å². The summed E-state index contributed by atoms with van der Waals surface area (Å²) in [4.78, 5) is 1.83. The Morgan fingerprint density at radius 3 is 2.61 bits per heavy atom. The monoisotopic (exact) mass is 285 g/mol. The van der Waals surface area contributed by atoms with E-state index in [1.807, 2.05) is 19.0 Å². The van der Waals surface area contributed by atoms with Crippen LogP contribution in [0.25, 0.3) is 0 Å². The second kappa shape index (κ2) is 5.87. The van der Waals surface area contributed by atoms with Gasteiger partial charge >= 0.3 is 6.18 Å². The van der Waals surface area contributed by atoms with Gasteiger partial charge in [0.15, 0.2) is 6.04 Å². The van der Waals surface area contributed by atoms with Crippen LogP contribution in [0.4, 0.5) is 13.2 Å². The van der Waals surface area contributed by atoms with Crippen LogP contribution in [0.5, 0.6) is 0 Å². The van der Waals surface area contributed by atoms with Gasteiger partial charge in [-0.3, -0.25) is 10.5 Å². The molecule has 0 aliphatic heterocycles. The molecule has 0 bridgehead atoms. The van der Waals surface area contributed by atoms with Crippen LogP contribution < -0.4 is 11.3 Å². The highest BCUT2D eigenvalue weighted by Crippen LogP contribution is 2.35. The van der Waals surface area contributed by atoms with Gasteiger partial charge in [0.1, 0.15) is 0 Å². The molecule has 0 spiro atoms. The van der Waals surface area contributed by atoms with Crippen molar-refractivity contribution in [3.8, 4) is 0 Å². The zero-order valence-corrected chi connectivity index (χ0v) is 10.8. The first-order chi connectivity index (χ1) is 8.27. The van der Waals surface area contributed by atoms with E-state index in [0.717, 1.165) is 0 Å². The summed E-state index contributed by atoms with van der Waals surface area (Å²) in [6, 6.07) is -2.03. The lowest BCUT2D eigenvalue weighted by Crippen LogP contribution is -2.40. The number of alkyl halides is 3. The number of aromatic nitrogens is 2. The molecule has 1 aromatic heterocycles. The van der Waals surface area contributed by atoms with Gasteiger partial charge in [-0.15, -0.1) is 0 Å². The number of hydrogen-bond donors (Lipinski definition) is 2. The van der Waals surface area contributed by atoms with Gasteiger partial charge in [-0.05, 0) is 14.1 Å². The summed E-state index contributed by atoms with van der Waals surface area (Å²) in [6.45, 7) is 0.837. The molecule has 9 heteroatoms. The Morgan fingerprint density at radius 1 is 1.56 bits per heavy atom. The largest absolute Gasteiger partial charge is 0.410 e. The lowest BCUT2D eigenvalue weighted by Gasteiger charge is -2.21. The van der Waals surface area contributed by atoms with E-state index in [4.69, 9.17) is 17.4 Å². The van der Waals surface area contributed by atoms with Gasteiger partial charge in [0.2, 0.25) is 0 Å². The van der Waals surface area contributed by atoms with Crippen LogP contribution >= 0.6 is 11.6 Å². The molecule has 0 amide bonds. The molecule has 1 aromatic rings. The summed E-state index contributed by atoms with van der Waals surface area (Å²) in [5.41, 5.74) is 1.56. The molecule has 0 aliphatic carbocycles. The molecule has 0 aromatic carbocycles. The molecule has 104 valence electrons. The minimum Gasteiger partial charge on any atom is -0.308 e. The Kier molecular flexibility index (Phi) is 4.97. The zero-order valence-electron chi connectivity index (χ0n) is 10.00. The molecule has 3 N–H and O–H groups in total. The van der Waals surface area contributed by atoms with Crippen molar-refractivity contribution in [2.24, 2.45) is 5.84 Å². The quantitative estimate of drug-likeness (QED) is 0.630. The number of nitrogens with two attached hydrogens (primary N) is 1. The minimum absolute atomic E-state index is 0.0611. The first-order valence-electron chi connectivity index (χ1n) is 5.16. The van der Waals surface area contributed by atoms with Crippen LogP contribution in [0, 0.1) is 0 Å². The molecule has 5 nitrogen and oxygen atoms in total. The highest BCUT2D eigenvalue weighted by Gasteiger charge is 2.43. The van der Waals surface area contributed by atoms with Crippen molar-refractivity contribution in [2.45, 2.75) is 18.8 Å². The van der Waals surface area contributed by atoms with E-state index in [9.17, 15) is 13.2 Å². The van der Waals surface area contributed by atoms with E-state index in [-0.39, 0.29) is 10.7 Å². The van der Waals surface area contributed by atoms with Crippen LogP contribution in [0.1, 0.15) is 11.7 Å². The molecule has 1 rings (SSSR count). The van der Waals surface area contributed by atoms with Crippen LogP contribution in [0.2, 0.25) is 5.02 Å². The van der Waals surface area contributed by atoms with E-state index in [0.29, 0.717) is 13.1 Å². The van der Waals surface area contributed by atoms with Crippen LogP contribution in [-0.4, -0.2) is 41.5 Å². The number of hydrogen-bond acceptors (Lipinski definition) is 4. The van der Waals surface area contributed by atoms with Gasteiger partial charge < -0.3 is 4.90 Å². The lowest BCUT2D eigenvalue weighted by atomic mass is 10.2. The molecule has 1 heterocycles. The maximum atomic E-state index is 12.8. The predicted molar refractivity (Wildman–Crippen MR) is 61.9 cm³/mol. The number of nitrogens with zero attached hydrogens (tertiary/aromatic N) is 3. The Labute approximate surface area is 108 Å². The molecular formula is C9H15ClF3N5. The van der Waals surface area contributed by atoms with Gasteiger partial charge in [-0.2, -0.15) is 18.3 Å². The van der Waals surface area contributed by atoms with Gasteiger partial charge in [0.05, 0.1) is 23.5 Å². The second-order valence-electron chi connectivity index (χ2n) is 4.05.